The van der Waals surface area contributed by atoms with Crippen LogP contribution in [0.1, 0.15) is 32.6 Å². The first kappa shape index (κ1) is 10.4. The molecule has 0 aromatic heterocycles. The van der Waals surface area contributed by atoms with Gasteiger partial charge in [-0.05, 0) is 12.8 Å². The van der Waals surface area contributed by atoms with E-state index < -0.39 is 0 Å². The summed E-state index contributed by atoms with van der Waals surface area (Å²) >= 11 is 0. The van der Waals surface area contributed by atoms with Crippen molar-refractivity contribution in [3.63, 3.8) is 0 Å². The minimum atomic E-state index is -0.364. The lowest BCUT2D eigenvalue weighted by Crippen LogP contribution is -2.24. The zero-order valence-corrected chi connectivity index (χ0v) is 6.84. The molecule has 0 fully saturated rings. The fourth-order valence-corrected chi connectivity index (χ4v) is 0.888. The molecule has 0 aromatic rings. The van der Waals surface area contributed by atoms with Gasteiger partial charge in [0.2, 0.25) is 5.91 Å². The smallest absolute Gasteiger partial charge is 0.243 e. The number of hydroxylamine groups is 1. The number of nitrogens with one attached hydrogen (secondary N) is 1. The molecule has 0 unspecified atom stereocenters. The van der Waals surface area contributed by atoms with E-state index >= 15 is 0 Å². The number of hydrogen-bond acceptors (Lipinski definition) is 3. The van der Waals surface area contributed by atoms with E-state index in [1.807, 2.05) is 6.92 Å². The molecule has 1 atom stereocenters. The molecule has 0 heterocycles. The summed E-state index contributed by atoms with van der Waals surface area (Å²) in [5.74, 6) is -0.364. The minimum Gasteiger partial charge on any atom is -0.328 e. The van der Waals surface area contributed by atoms with Crippen molar-refractivity contribution in [2.45, 2.75) is 38.6 Å². The SMILES string of the molecule is CCC[C@H](N)CCC(=O)NO. The number of carbonyl (C=O) groups is 1. The molecule has 1 amide bonds. The Kier molecular flexibility index (Phi) is 5.78. The van der Waals surface area contributed by atoms with Crippen LogP contribution in [0.5, 0.6) is 0 Å². The molecular formula is C7H16N2O2. The molecule has 11 heavy (non-hydrogen) atoms. The van der Waals surface area contributed by atoms with E-state index in [9.17, 15) is 4.79 Å². The Morgan fingerprint density at radius 3 is 2.73 bits per heavy atom. The predicted molar refractivity (Wildman–Crippen MR) is 42.0 cm³/mol. The van der Waals surface area contributed by atoms with Crippen molar-refractivity contribution in [1.82, 2.24) is 5.48 Å². The second-order valence-corrected chi connectivity index (χ2v) is 2.62. The Morgan fingerprint density at radius 1 is 1.64 bits per heavy atom. The van der Waals surface area contributed by atoms with E-state index in [-0.39, 0.29) is 11.9 Å². The van der Waals surface area contributed by atoms with E-state index in [2.05, 4.69) is 0 Å². The monoisotopic (exact) mass is 160 g/mol. The van der Waals surface area contributed by atoms with Crippen molar-refractivity contribution in [1.29, 1.82) is 0 Å². The summed E-state index contributed by atoms with van der Waals surface area (Å²) in [6, 6.07) is 0.0808. The van der Waals surface area contributed by atoms with Crippen LogP contribution in [0.15, 0.2) is 0 Å². The third-order valence-electron chi connectivity index (χ3n) is 1.53. The Bertz CT molecular complexity index is 117. The van der Waals surface area contributed by atoms with E-state index in [0.29, 0.717) is 12.8 Å². The van der Waals surface area contributed by atoms with Crippen LogP contribution in [0.4, 0.5) is 0 Å². The Labute approximate surface area is 66.7 Å². The molecule has 0 aromatic carbocycles. The van der Waals surface area contributed by atoms with Gasteiger partial charge in [0.1, 0.15) is 0 Å². The van der Waals surface area contributed by atoms with Crippen LogP contribution >= 0.6 is 0 Å². The lowest BCUT2D eigenvalue weighted by molar-refractivity contribution is -0.129. The maximum absolute atomic E-state index is 10.5. The molecule has 4 heteroatoms. The molecule has 0 saturated heterocycles. The van der Waals surface area contributed by atoms with E-state index in [1.165, 1.54) is 0 Å². The summed E-state index contributed by atoms with van der Waals surface area (Å²) in [5.41, 5.74) is 7.19. The minimum absolute atomic E-state index is 0.0808. The largest absolute Gasteiger partial charge is 0.328 e. The molecular weight excluding hydrogens is 144 g/mol. The fraction of sp³-hybridized carbons (Fsp3) is 0.857. The van der Waals surface area contributed by atoms with Crippen LogP contribution in [-0.2, 0) is 4.79 Å². The van der Waals surface area contributed by atoms with Crippen molar-refractivity contribution in [3.8, 4) is 0 Å². The summed E-state index contributed by atoms with van der Waals surface area (Å²) in [5, 5.41) is 8.14. The van der Waals surface area contributed by atoms with Gasteiger partial charge in [-0.1, -0.05) is 13.3 Å². The molecule has 0 aliphatic heterocycles. The Balaban J connectivity index is 3.29. The highest BCUT2D eigenvalue weighted by Gasteiger charge is 2.04. The lowest BCUT2D eigenvalue weighted by Gasteiger charge is -2.07. The molecule has 0 spiro atoms. The second kappa shape index (κ2) is 6.12. The number of hydrogen-bond donors (Lipinski definition) is 3. The van der Waals surface area contributed by atoms with Gasteiger partial charge >= 0.3 is 0 Å². The van der Waals surface area contributed by atoms with Crippen LogP contribution in [0.3, 0.4) is 0 Å². The summed E-state index contributed by atoms with van der Waals surface area (Å²) in [7, 11) is 0. The normalized spacial score (nSPS) is 12.6. The zero-order valence-electron chi connectivity index (χ0n) is 6.84. The van der Waals surface area contributed by atoms with E-state index in [0.717, 1.165) is 12.8 Å². The van der Waals surface area contributed by atoms with Crippen LogP contribution in [0.2, 0.25) is 0 Å². The predicted octanol–water partition coefficient (Wildman–Crippen LogP) is 0.399. The van der Waals surface area contributed by atoms with Crippen molar-refractivity contribution in [3.05, 3.63) is 0 Å². The summed E-state index contributed by atoms with van der Waals surface area (Å²) in [4.78, 5) is 10.5. The van der Waals surface area contributed by atoms with Crippen molar-refractivity contribution < 1.29 is 10.0 Å². The van der Waals surface area contributed by atoms with Crippen molar-refractivity contribution in [2.24, 2.45) is 5.73 Å². The van der Waals surface area contributed by atoms with E-state index in [4.69, 9.17) is 10.9 Å². The number of rotatable bonds is 5. The van der Waals surface area contributed by atoms with Gasteiger partial charge in [0.05, 0.1) is 0 Å². The third-order valence-corrected chi connectivity index (χ3v) is 1.53. The molecule has 0 saturated carbocycles. The van der Waals surface area contributed by atoms with Crippen molar-refractivity contribution >= 4 is 5.91 Å². The highest BCUT2D eigenvalue weighted by molar-refractivity contribution is 5.74. The average Bonchev–Trinajstić information content (AvgIpc) is 2.01. The highest BCUT2D eigenvalue weighted by atomic mass is 16.5. The molecule has 66 valence electrons. The van der Waals surface area contributed by atoms with Crippen molar-refractivity contribution in [2.75, 3.05) is 0 Å². The third kappa shape index (κ3) is 5.82. The second-order valence-electron chi connectivity index (χ2n) is 2.62. The highest BCUT2D eigenvalue weighted by Crippen LogP contribution is 2.00. The van der Waals surface area contributed by atoms with Crippen LogP contribution in [0.25, 0.3) is 0 Å². The molecule has 0 bridgehead atoms. The van der Waals surface area contributed by atoms with Crippen LogP contribution < -0.4 is 11.2 Å². The zero-order chi connectivity index (χ0) is 8.69. The molecule has 0 rings (SSSR count). The molecule has 0 radical (unpaired) electrons. The van der Waals surface area contributed by atoms with Gasteiger partial charge < -0.3 is 5.73 Å². The summed E-state index contributed by atoms with van der Waals surface area (Å²) in [6.45, 7) is 2.05. The Hall–Kier alpha value is -0.610. The van der Waals surface area contributed by atoms with Gasteiger partial charge in [0, 0.05) is 12.5 Å². The van der Waals surface area contributed by atoms with Crippen LogP contribution in [-0.4, -0.2) is 17.2 Å². The van der Waals surface area contributed by atoms with Gasteiger partial charge in [-0.15, -0.1) is 0 Å². The maximum Gasteiger partial charge on any atom is 0.243 e. The summed E-state index contributed by atoms with van der Waals surface area (Å²) < 4.78 is 0. The lowest BCUT2D eigenvalue weighted by atomic mass is 10.1. The van der Waals surface area contributed by atoms with Gasteiger partial charge in [-0.25, -0.2) is 5.48 Å². The number of nitrogens with two attached hydrogens (primary N) is 1. The molecule has 4 nitrogen and oxygen atoms in total. The summed E-state index contributed by atoms with van der Waals surface area (Å²) in [6.07, 6.45) is 2.90. The van der Waals surface area contributed by atoms with Gasteiger partial charge in [-0.3, -0.25) is 10.0 Å². The molecule has 0 aliphatic rings. The first-order chi connectivity index (χ1) is 5.20. The van der Waals surface area contributed by atoms with E-state index in [1.54, 1.807) is 5.48 Å². The topological polar surface area (TPSA) is 75.4 Å². The number of amides is 1. The maximum atomic E-state index is 10.5. The molecule has 0 aliphatic carbocycles. The van der Waals surface area contributed by atoms with Crippen LogP contribution in [0, 0.1) is 0 Å². The fourth-order valence-electron chi connectivity index (χ4n) is 0.888. The van der Waals surface area contributed by atoms with Gasteiger partial charge in [0.15, 0.2) is 0 Å². The quantitative estimate of drug-likeness (QED) is 0.402. The van der Waals surface area contributed by atoms with Gasteiger partial charge in [0.25, 0.3) is 0 Å². The average molecular weight is 160 g/mol. The number of carbonyl (C=O) groups excluding carboxylic acids is 1. The first-order valence-corrected chi connectivity index (χ1v) is 3.89. The van der Waals surface area contributed by atoms with Gasteiger partial charge in [-0.2, -0.15) is 0 Å². The Morgan fingerprint density at radius 2 is 2.27 bits per heavy atom. The first-order valence-electron chi connectivity index (χ1n) is 3.89. The standard InChI is InChI=1S/C7H16N2O2/c1-2-3-6(8)4-5-7(10)9-11/h6,11H,2-5,8H2,1H3,(H,9,10)/t6-/m0/s1. The molecule has 4 N–H and O–H groups in total.